The Labute approximate surface area is 176 Å². The van der Waals surface area contributed by atoms with Gasteiger partial charge in [-0.25, -0.2) is 0 Å². The van der Waals surface area contributed by atoms with Gasteiger partial charge in [0.05, 0.1) is 6.07 Å². The van der Waals surface area contributed by atoms with Crippen molar-refractivity contribution in [1.29, 1.82) is 5.26 Å². The molecule has 0 spiro atoms. The number of benzene rings is 3. The van der Waals surface area contributed by atoms with Crippen molar-refractivity contribution in [3.63, 3.8) is 0 Å². The van der Waals surface area contributed by atoms with Crippen LogP contribution in [0.4, 0.5) is 11.4 Å². The molecule has 0 amide bonds. The predicted octanol–water partition coefficient (Wildman–Crippen LogP) is 6.59. The fourth-order valence-corrected chi connectivity index (χ4v) is 2.81. The highest BCUT2D eigenvalue weighted by atomic mass is 15.1. The number of nitriles is 1. The molecule has 1 N–H and O–H groups in total. The highest BCUT2D eigenvalue weighted by Gasteiger charge is 2.04. The Hall–Kier alpha value is -3.25. The number of hydrogen-bond donors (Lipinski definition) is 1. The second-order valence-electron chi connectivity index (χ2n) is 6.68. The predicted molar refractivity (Wildman–Crippen MR) is 126 cm³/mol. The van der Waals surface area contributed by atoms with Crippen LogP contribution >= 0.6 is 0 Å². The normalized spacial score (nSPS) is 9.10. The second-order valence-corrected chi connectivity index (χ2v) is 6.68. The molecule has 0 aromatic heterocycles. The first-order valence-corrected chi connectivity index (χ1v) is 9.94. The fraction of sp³-hybridized carbons (Fsp3) is 0.269. The SMILES string of the molecule is CC#N.CCN(Cc1ccccc1)c1cccc(C)c1.CNc1cccc(C)c1. The maximum Gasteiger partial charge on any atom is 0.0587 e. The Morgan fingerprint density at radius 1 is 0.862 bits per heavy atom. The van der Waals surface area contributed by atoms with Gasteiger partial charge in [0, 0.05) is 38.4 Å². The molecule has 152 valence electrons. The van der Waals surface area contributed by atoms with E-state index in [-0.39, 0.29) is 0 Å². The van der Waals surface area contributed by atoms with E-state index in [4.69, 9.17) is 5.26 Å². The molecule has 0 aliphatic rings. The maximum atomic E-state index is 7.32. The number of nitrogens with zero attached hydrogens (tertiary/aromatic N) is 2. The van der Waals surface area contributed by atoms with Gasteiger partial charge >= 0.3 is 0 Å². The van der Waals surface area contributed by atoms with Gasteiger partial charge in [0.15, 0.2) is 0 Å². The highest BCUT2D eigenvalue weighted by molar-refractivity contribution is 5.48. The quantitative estimate of drug-likeness (QED) is 0.537. The van der Waals surface area contributed by atoms with Crippen molar-refractivity contribution in [2.24, 2.45) is 0 Å². The van der Waals surface area contributed by atoms with Crippen LogP contribution in [-0.4, -0.2) is 13.6 Å². The third-order valence-electron chi connectivity index (χ3n) is 4.27. The lowest BCUT2D eigenvalue weighted by Crippen LogP contribution is -2.21. The zero-order chi connectivity index (χ0) is 21.5. The van der Waals surface area contributed by atoms with Crippen LogP contribution in [0.3, 0.4) is 0 Å². The van der Waals surface area contributed by atoms with Crippen LogP contribution in [0, 0.1) is 25.2 Å². The molecule has 0 atom stereocenters. The summed E-state index contributed by atoms with van der Waals surface area (Å²) >= 11 is 0. The van der Waals surface area contributed by atoms with Crippen LogP contribution in [0.25, 0.3) is 0 Å². The molecule has 29 heavy (non-hydrogen) atoms. The van der Waals surface area contributed by atoms with Crippen molar-refractivity contribution in [3.8, 4) is 6.07 Å². The molecule has 0 aliphatic heterocycles. The molecule has 0 fully saturated rings. The Kier molecular flexibility index (Phi) is 11.4. The number of rotatable bonds is 5. The van der Waals surface area contributed by atoms with E-state index in [1.165, 1.54) is 35.0 Å². The largest absolute Gasteiger partial charge is 0.388 e. The van der Waals surface area contributed by atoms with Gasteiger partial charge in [0.25, 0.3) is 0 Å². The van der Waals surface area contributed by atoms with Crippen molar-refractivity contribution < 1.29 is 0 Å². The summed E-state index contributed by atoms with van der Waals surface area (Å²) in [4.78, 5) is 2.39. The Morgan fingerprint density at radius 2 is 1.45 bits per heavy atom. The Balaban J connectivity index is 0.000000294. The van der Waals surface area contributed by atoms with Crippen molar-refractivity contribution in [3.05, 3.63) is 95.6 Å². The standard InChI is InChI=1S/C16H19N.C8H11N.C2H3N/c1-3-17(13-15-9-5-4-6-10-15)16-11-7-8-14(2)12-16;1-7-4-3-5-8(6-7)9-2;1-2-3/h4-12H,3,13H2,1-2H3;3-6,9H,1-2H3;1H3. The monoisotopic (exact) mass is 387 g/mol. The zero-order valence-corrected chi connectivity index (χ0v) is 18.3. The number of nitrogens with one attached hydrogen (secondary N) is 1. The average molecular weight is 388 g/mol. The molecular weight excluding hydrogens is 354 g/mol. The van der Waals surface area contributed by atoms with Crippen molar-refractivity contribution >= 4 is 11.4 Å². The number of aryl methyl sites for hydroxylation is 2. The van der Waals surface area contributed by atoms with Gasteiger partial charge in [-0.3, -0.25) is 0 Å². The first-order valence-electron chi connectivity index (χ1n) is 9.94. The van der Waals surface area contributed by atoms with Crippen LogP contribution in [0.1, 0.15) is 30.5 Å². The van der Waals surface area contributed by atoms with Gasteiger partial charge in [-0.15, -0.1) is 0 Å². The first kappa shape index (κ1) is 23.8. The summed E-state index contributed by atoms with van der Waals surface area (Å²) in [6, 6.07) is 29.3. The minimum absolute atomic E-state index is 0.973. The molecule has 3 aromatic carbocycles. The van der Waals surface area contributed by atoms with E-state index in [0.29, 0.717) is 0 Å². The summed E-state index contributed by atoms with van der Waals surface area (Å²) < 4.78 is 0. The van der Waals surface area contributed by atoms with E-state index in [1.807, 2.05) is 19.2 Å². The van der Waals surface area contributed by atoms with Gasteiger partial charge in [0.1, 0.15) is 0 Å². The molecule has 0 unspecified atom stereocenters. The molecule has 0 aliphatic carbocycles. The van der Waals surface area contributed by atoms with E-state index in [1.54, 1.807) is 6.07 Å². The van der Waals surface area contributed by atoms with Crippen LogP contribution < -0.4 is 10.2 Å². The summed E-state index contributed by atoms with van der Waals surface area (Å²) in [7, 11) is 1.93. The van der Waals surface area contributed by atoms with Gasteiger partial charge in [-0.2, -0.15) is 5.26 Å². The minimum Gasteiger partial charge on any atom is -0.388 e. The summed E-state index contributed by atoms with van der Waals surface area (Å²) in [5, 5.41) is 10.4. The molecular formula is C26H33N3. The second kappa shape index (κ2) is 13.8. The van der Waals surface area contributed by atoms with Gasteiger partial charge in [0.2, 0.25) is 0 Å². The number of hydrogen-bond acceptors (Lipinski definition) is 3. The molecule has 0 saturated heterocycles. The molecule has 3 aromatic rings. The summed E-state index contributed by atoms with van der Waals surface area (Å²) in [6.45, 7) is 9.85. The van der Waals surface area contributed by atoms with Crippen molar-refractivity contribution in [1.82, 2.24) is 0 Å². The van der Waals surface area contributed by atoms with Crippen molar-refractivity contribution in [2.75, 3.05) is 23.8 Å². The lowest BCUT2D eigenvalue weighted by Gasteiger charge is -2.23. The molecule has 3 nitrogen and oxygen atoms in total. The Morgan fingerprint density at radius 3 is 1.93 bits per heavy atom. The summed E-state index contributed by atoms with van der Waals surface area (Å²) in [6.07, 6.45) is 0. The molecule has 0 radical (unpaired) electrons. The van der Waals surface area contributed by atoms with Crippen LogP contribution in [0.2, 0.25) is 0 Å². The molecule has 3 heteroatoms. The van der Waals surface area contributed by atoms with Crippen LogP contribution in [0.5, 0.6) is 0 Å². The lowest BCUT2D eigenvalue weighted by molar-refractivity contribution is 0.831. The molecule has 0 heterocycles. The van der Waals surface area contributed by atoms with Crippen molar-refractivity contribution in [2.45, 2.75) is 34.2 Å². The fourth-order valence-electron chi connectivity index (χ4n) is 2.81. The average Bonchev–Trinajstić information content (AvgIpc) is 2.74. The lowest BCUT2D eigenvalue weighted by atomic mass is 10.1. The Bertz CT molecular complexity index is 866. The molecule has 3 rings (SSSR count). The van der Waals surface area contributed by atoms with Gasteiger partial charge < -0.3 is 10.2 Å². The smallest absolute Gasteiger partial charge is 0.0587 e. The van der Waals surface area contributed by atoms with Gasteiger partial charge in [-0.05, 0) is 61.7 Å². The zero-order valence-electron chi connectivity index (χ0n) is 18.3. The van der Waals surface area contributed by atoms with Crippen LogP contribution in [-0.2, 0) is 6.54 Å². The van der Waals surface area contributed by atoms with Crippen LogP contribution in [0.15, 0.2) is 78.9 Å². The minimum atomic E-state index is 0.973. The highest BCUT2D eigenvalue weighted by Crippen LogP contribution is 2.18. The van der Waals surface area contributed by atoms with E-state index in [9.17, 15) is 0 Å². The van der Waals surface area contributed by atoms with Gasteiger partial charge in [-0.1, -0.05) is 54.6 Å². The molecule has 0 saturated carbocycles. The summed E-state index contributed by atoms with van der Waals surface area (Å²) in [5.41, 5.74) is 6.44. The summed E-state index contributed by atoms with van der Waals surface area (Å²) in [5.74, 6) is 0. The third kappa shape index (κ3) is 9.48. The van der Waals surface area contributed by atoms with E-state index < -0.39 is 0 Å². The van der Waals surface area contributed by atoms with E-state index >= 15 is 0 Å². The first-order chi connectivity index (χ1) is 14.0. The van der Waals surface area contributed by atoms with E-state index in [0.717, 1.165) is 13.1 Å². The third-order valence-corrected chi connectivity index (χ3v) is 4.27. The van der Waals surface area contributed by atoms with E-state index in [2.05, 4.69) is 97.7 Å². The topological polar surface area (TPSA) is 39.1 Å². The molecule has 0 bridgehead atoms. The number of anilines is 2. The maximum absolute atomic E-state index is 7.32.